The predicted octanol–water partition coefficient (Wildman–Crippen LogP) is 2.45. The van der Waals surface area contributed by atoms with Crippen molar-refractivity contribution in [1.29, 1.82) is 0 Å². The van der Waals surface area contributed by atoms with Gasteiger partial charge in [-0.05, 0) is 12.1 Å². The molecular formula is C17H20F4N6. The van der Waals surface area contributed by atoms with Crippen molar-refractivity contribution < 1.29 is 17.6 Å². The molecule has 0 bridgehead atoms. The summed E-state index contributed by atoms with van der Waals surface area (Å²) >= 11 is 0. The second-order valence-corrected chi connectivity index (χ2v) is 6.00. The summed E-state index contributed by atoms with van der Waals surface area (Å²) < 4.78 is 53.9. The highest BCUT2D eigenvalue weighted by atomic mass is 19.3. The van der Waals surface area contributed by atoms with Crippen LogP contribution >= 0.6 is 0 Å². The number of rotatable bonds is 4. The number of hydrogen-bond acceptors (Lipinski definition) is 3. The van der Waals surface area contributed by atoms with E-state index in [-0.39, 0.29) is 18.1 Å². The van der Waals surface area contributed by atoms with Crippen molar-refractivity contribution in [2.75, 3.05) is 38.1 Å². The molecule has 146 valence electrons. The lowest BCUT2D eigenvalue weighted by Crippen LogP contribution is -2.52. The number of piperazine rings is 1. The van der Waals surface area contributed by atoms with Gasteiger partial charge < -0.3 is 15.1 Å². The van der Waals surface area contributed by atoms with Gasteiger partial charge in [-0.15, -0.1) is 0 Å². The van der Waals surface area contributed by atoms with Crippen molar-refractivity contribution in [3.63, 3.8) is 0 Å². The van der Waals surface area contributed by atoms with E-state index in [9.17, 15) is 17.6 Å². The number of benzene rings is 1. The standard InChI is InChI=1S/C17H20F4N6/c1-22-17(24-11-15-23-4-5-27(15)16(20)21)26-8-6-25(7-9-26)14-10-12(18)2-3-13(14)19/h2-5,10,16H,6-9,11H2,1H3,(H,22,24). The van der Waals surface area contributed by atoms with E-state index in [2.05, 4.69) is 15.3 Å². The number of nitrogens with zero attached hydrogens (tertiary/aromatic N) is 5. The van der Waals surface area contributed by atoms with E-state index in [0.717, 1.165) is 16.7 Å². The van der Waals surface area contributed by atoms with E-state index in [4.69, 9.17) is 0 Å². The first kappa shape index (κ1) is 19.0. The van der Waals surface area contributed by atoms with Gasteiger partial charge >= 0.3 is 6.55 Å². The molecule has 2 aromatic rings. The first-order valence-corrected chi connectivity index (χ1v) is 8.45. The molecule has 0 amide bonds. The van der Waals surface area contributed by atoms with Crippen molar-refractivity contribution >= 4 is 11.6 Å². The molecule has 1 N–H and O–H groups in total. The van der Waals surface area contributed by atoms with Crippen molar-refractivity contribution in [2.45, 2.75) is 13.1 Å². The molecule has 6 nitrogen and oxygen atoms in total. The summed E-state index contributed by atoms with van der Waals surface area (Å²) in [5.74, 6) is -0.211. The van der Waals surface area contributed by atoms with Crippen LogP contribution in [-0.4, -0.2) is 53.6 Å². The Morgan fingerprint density at radius 1 is 1.22 bits per heavy atom. The van der Waals surface area contributed by atoms with Crippen molar-refractivity contribution in [3.8, 4) is 0 Å². The summed E-state index contributed by atoms with van der Waals surface area (Å²) in [6.07, 6.45) is 2.54. The van der Waals surface area contributed by atoms with Crippen LogP contribution in [-0.2, 0) is 6.54 Å². The van der Waals surface area contributed by atoms with E-state index in [1.807, 2.05) is 4.90 Å². The molecule has 0 atom stereocenters. The molecule has 1 saturated heterocycles. The van der Waals surface area contributed by atoms with Crippen LogP contribution in [0.4, 0.5) is 23.2 Å². The number of anilines is 1. The predicted molar refractivity (Wildman–Crippen MR) is 93.8 cm³/mol. The molecular weight excluding hydrogens is 364 g/mol. The van der Waals surface area contributed by atoms with Gasteiger partial charge in [0.05, 0.1) is 12.2 Å². The van der Waals surface area contributed by atoms with E-state index in [1.165, 1.54) is 18.5 Å². The zero-order valence-electron chi connectivity index (χ0n) is 14.7. The summed E-state index contributed by atoms with van der Waals surface area (Å²) in [4.78, 5) is 11.8. The smallest absolute Gasteiger partial charge is 0.319 e. The van der Waals surface area contributed by atoms with Crippen LogP contribution in [0, 0.1) is 11.6 Å². The number of aromatic nitrogens is 2. The Balaban J connectivity index is 1.59. The number of guanidine groups is 1. The molecule has 1 aromatic carbocycles. The van der Waals surface area contributed by atoms with Gasteiger partial charge in [0.15, 0.2) is 5.96 Å². The van der Waals surface area contributed by atoms with Gasteiger partial charge in [0, 0.05) is 51.7 Å². The normalized spacial score (nSPS) is 15.6. The van der Waals surface area contributed by atoms with Gasteiger partial charge in [0.25, 0.3) is 0 Å². The maximum absolute atomic E-state index is 13.9. The Kier molecular flexibility index (Phi) is 5.82. The molecule has 1 fully saturated rings. The Morgan fingerprint density at radius 2 is 1.96 bits per heavy atom. The SMILES string of the molecule is CN=C(NCc1nccn1C(F)F)N1CCN(c2cc(F)ccc2F)CC1. The summed E-state index contributed by atoms with van der Waals surface area (Å²) in [5, 5.41) is 3.02. The molecule has 1 aliphatic rings. The number of alkyl halides is 2. The number of aliphatic imine (C=N–C) groups is 1. The third kappa shape index (κ3) is 4.32. The van der Waals surface area contributed by atoms with Crippen LogP contribution in [0.15, 0.2) is 35.6 Å². The fourth-order valence-corrected chi connectivity index (χ4v) is 3.04. The fourth-order valence-electron chi connectivity index (χ4n) is 3.04. The summed E-state index contributed by atoms with van der Waals surface area (Å²) in [6.45, 7) is -0.545. The molecule has 3 rings (SSSR count). The van der Waals surface area contributed by atoms with Gasteiger partial charge in [-0.1, -0.05) is 0 Å². The molecule has 1 aromatic heterocycles. The highest BCUT2D eigenvalue weighted by Gasteiger charge is 2.22. The molecule has 2 heterocycles. The lowest BCUT2D eigenvalue weighted by molar-refractivity contribution is 0.0668. The van der Waals surface area contributed by atoms with Gasteiger partial charge in [-0.25, -0.2) is 13.8 Å². The zero-order valence-corrected chi connectivity index (χ0v) is 14.7. The average molecular weight is 384 g/mol. The highest BCUT2D eigenvalue weighted by molar-refractivity contribution is 5.80. The third-order valence-corrected chi connectivity index (χ3v) is 4.40. The quantitative estimate of drug-likeness (QED) is 0.500. The molecule has 0 spiro atoms. The lowest BCUT2D eigenvalue weighted by atomic mass is 10.2. The van der Waals surface area contributed by atoms with Crippen molar-refractivity contribution in [1.82, 2.24) is 19.8 Å². The van der Waals surface area contributed by atoms with E-state index >= 15 is 0 Å². The molecule has 0 radical (unpaired) electrons. The van der Waals surface area contributed by atoms with Crippen molar-refractivity contribution in [2.24, 2.45) is 4.99 Å². The number of halogens is 4. The lowest BCUT2D eigenvalue weighted by Gasteiger charge is -2.37. The second-order valence-electron chi connectivity index (χ2n) is 6.00. The Hall–Kier alpha value is -2.78. The third-order valence-electron chi connectivity index (χ3n) is 4.40. The van der Waals surface area contributed by atoms with Crippen LogP contribution in [0.2, 0.25) is 0 Å². The van der Waals surface area contributed by atoms with Gasteiger partial charge in [0.2, 0.25) is 0 Å². The first-order valence-electron chi connectivity index (χ1n) is 8.45. The monoisotopic (exact) mass is 384 g/mol. The van der Waals surface area contributed by atoms with Crippen LogP contribution in [0.1, 0.15) is 12.4 Å². The van der Waals surface area contributed by atoms with Gasteiger partial charge in [-0.3, -0.25) is 9.56 Å². The number of imidazole rings is 1. The molecule has 1 aliphatic heterocycles. The first-order chi connectivity index (χ1) is 13.0. The highest BCUT2D eigenvalue weighted by Crippen LogP contribution is 2.22. The van der Waals surface area contributed by atoms with Crippen LogP contribution in [0.25, 0.3) is 0 Å². The minimum Gasteiger partial charge on any atom is -0.366 e. The second kappa shape index (κ2) is 8.28. The van der Waals surface area contributed by atoms with Crippen LogP contribution in [0.3, 0.4) is 0 Å². The Labute approximate surface area is 154 Å². The summed E-state index contributed by atoms with van der Waals surface area (Å²) in [5.41, 5.74) is 0.233. The van der Waals surface area contributed by atoms with E-state index < -0.39 is 18.2 Å². The number of nitrogens with one attached hydrogen (secondary N) is 1. The van der Waals surface area contributed by atoms with Crippen LogP contribution < -0.4 is 10.2 Å². The molecule has 0 aliphatic carbocycles. The van der Waals surface area contributed by atoms with E-state index in [0.29, 0.717) is 32.1 Å². The molecule has 0 saturated carbocycles. The van der Waals surface area contributed by atoms with Gasteiger partial charge in [-0.2, -0.15) is 8.78 Å². The minimum absolute atomic E-state index is 0.1000. The summed E-state index contributed by atoms with van der Waals surface area (Å²) in [7, 11) is 1.60. The van der Waals surface area contributed by atoms with E-state index in [1.54, 1.807) is 11.9 Å². The summed E-state index contributed by atoms with van der Waals surface area (Å²) in [6, 6.07) is 3.38. The maximum atomic E-state index is 13.9. The Morgan fingerprint density at radius 3 is 2.63 bits per heavy atom. The molecule has 0 unspecified atom stereocenters. The van der Waals surface area contributed by atoms with Crippen LogP contribution in [0.5, 0.6) is 0 Å². The van der Waals surface area contributed by atoms with Crippen molar-refractivity contribution in [3.05, 3.63) is 48.1 Å². The molecule has 27 heavy (non-hydrogen) atoms. The zero-order chi connectivity index (χ0) is 19.4. The van der Waals surface area contributed by atoms with Gasteiger partial charge in [0.1, 0.15) is 17.5 Å². The molecule has 10 heteroatoms. The minimum atomic E-state index is -2.66. The Bertz CT molecular complexity index is 798. The number of hydrogen-bond donors (Lipinski definition) is 1. The fraction of sp³-hybridized carbons (Fsp3) is 0.412. The topological polar surface area (TPSA) is 48.7 Å². The maximum Gasteiger partial charge on any atom is 0.319 e. The average Bonchev–Trinajstić information content (AvgIpc) is 3.14. The largest absolute Gasteiger partial charge is 0.366 e.